The summed E-state index contributed by atoms with van der Waals surface area (Å²) in [6.45, 7) is 4.73. The van der Waals surface area contributed by atoms with E-state index in [4.69, 9.17) is 5.11 Å². The highest BCUT2D eigenvalue weighted by Gasteiger charge is 2.32. The van der Waals surface area contributed by atoms with Crippen molar-refractivity contribution in [2.45, 2.75) is 33.3 Å². The van der Waals surface area contributed by atoms with Gasteiger partial charge in [0.25, 0.3) is 0 Å². The van der Waals surface area contributed by atoms with Gasteiger partial charge in [-0.25, -0.2) is 0 Å². The Labute approximate surface area is 102 Å². The Kier molecular flexibility index (Phi) is 6.68. The SMILES string of the molecule is CC(=O)C=CCCNC(=O)[C@H](O)C(C)(C)CO. The lowest BCUT2D eigenvalue weighted by molar-refractivity contribution is -0.137. The van der Waals surface area contributed by atoms with E-state index in [9.17, 15) is 14.7 Å². The molecule has 0 aliphatic rings. The van der Waals surface area contributed by atoms with E-state index in [1.807, 2.05) is 0 Å². The molecule has 0 aromatic rings. The van der Waals surface area contributed by atoms with Gasteiger partial charge in [-0.05, 0) is 19.4 Å². The van der Waals surface area contributed by atoms with Crippen LogP contribution in [0.2, 0.25) is 0 Å². The molecule has 0 fully saturated rings. The van der Waals surface area contributed by atoms with Gasteiger partial charge in [0.15, 0.2) is 5.78 Å². The van der Waals surface area contributed by atoms with Gasteiger partial charge < -0.3 is 15.5 Å². The smallest absolute Gasteiger partial charge is 0.249 e. The number of hydrogen-bond donors (Lipinski definition) is 3. The second-order valence-corrected chi connectivity index (χ2v) is 4.64. The molecule has 0 bridgehead atoms. The fourth-order valence-electron chi connectivity index (χ4n) is 1.07. The highest BCUT2D eigenvalue weighted by Crippen LogP contribution is 2.19. The first-order chi connectivity index (χ1) is 7.81. The van der Waals surface area contributed by atoms with Gasteiger partial charge >= 0.3 is 0 Å². The Morgan fingerprint density at radius 1 is 1.41 bits per heavy atom. The first-order valence-electron chi connectivity index (χ1n) is 5.55. The Morgan fingerprint density at radius 3 is 2.47 bits per heavy atom. The summed E-state index contributed by atoms with van der Waals surface area (Å²) in [7, 11) is 0. The number of carbonyl (C=O) groups is 2. The number of carbonyl (C=O) groups excluding carboxylic acids is 2. The zero-order chi connectivity index (χ0) is 13.5. The predicted molar refractivity (Wildman–Crippen MR) is 64.3 cm³/mol. The van der Waals surface area contributed by atoms with E-state index < -0.39 is 17.4 Å². The summed E-state index contributed by atoms with van der Waals surface area (Å²) < 4.78 is 0. The number of aliphatic hydroxyl groups is 2. The summed E-state index contributed by atoms with van der Waals surface area (Å²) >= 11 is 0. The second-order valence-electron chi connectivity index (χ2n) is 4.64. The first kappa shape index (κ1) is 15.8. The molecule has 5 heteroatoms. The van der Waals surface area contributed by atoms with Crippen molar-refractivity contribution in [2.75, 3.05) is 13.2 Å². The van der Waals surface area contributed by atoms with Crippen LogP contribution in [-0.4, -0.2) is 41.2 Å². The molecule has 0 aliphatic carbocycles. The van der Waals surface area contributed by atoms with Crippen molar-refractivity contribution in [3.63, 3.8) is 0 Å². The van der Waals surface area contributed by atoms with Crippen molar-refractivity contribution in [1.29, 1.82) is 0 Å². The molecule has 0 aliphatic heterocycles. The average molecular weight is 243 g/mol. The van der Waals surface area contributed by atoms with E-state index in [0.29, 0.717) is 13.0 Å². The molecule has 98 valence electrons. The van der Waals surface area contributed by atoms with Gasteiger partial charge in [0.2, 0.25) is 5.91 Å². The van der Waals surface area contributed by atoms with Crippen LogP contribution in [0.1, 0.15) is 27.2 Å². The number of amides is 1. The van der Waals surface area contributed by atoms with E-state index in [2.05, 4.69) is 5.32 Å². The number of hydrogen-bond acceptors (Lipinski definition) is 4. The first-order valence-corrected chi connectivity index (χ1v) is 5.55. The number of ketones is 1. The zero-order valence-electron chi connectivity index (χ0n) is 10.6. The third-order valence-electron chi connectivity index (χ3n) is 2.36. The molecular weight excluding hydrogens is 222 g/mol. The van der Waals surface area contributed by atoms with Gasteiger partial charge in [-0.2, -0.15) is 0 Å². The standard InChI is InChI=1S/C12H21NO4/c1-9(15)6-4-5-7-13-11(17)10(16)12(2,3)8-14/h4,6,10,14,16H,5,7-8H2,1-3H3,(H,13,17)/t10-/m0/s1. The topological polar surface area (TPSA) is 86.6 Å². The van der Waals surface area contributed by atoms with Crippen molar-refractivity contribution >= 4 is 11.7 Å². The Balaban J connectivity index is 3.99. The van der Waals surface area contributed by atoms with Crippen LogP contribution in [-0.2, 0) is 9.59 Å². The number of nitrogens with one attached hydrogen (secondary N) is 1. The molecule has 1 amide bonds. The monoisotopic (exact) mass is 243 g/mol. The number of rotatable bonds is 7. The molecule has 0 aromatic heterocycles. The highest BCUT2D eigenvalue weighted by atomic mass is 16.3. The maximum atomic E-state index is 11.5. The molecule has 0 saturated heterocycles. The maximum Gasteiger partial charge on any atom is 0.249 e. The van der Waals surface area contributed by atoms with Gasteiger partial charge in [0.1, 0.15) is 6.10 Å². The van der Waals surface area contributed by atoms with E-state index in [1.165, 1.54) is 13.0 Å². The van der Waals surface area contributed by atoms with Gasteiger partial charge in [-0.1, -0.05) is 19.9 Å². The molecular formula is C12H21NO4. The quantitative estimate of drug-likeness (QED) is 0.434. The zero-order valence-corrected chi connectivity index (χ0v) is 10.6. The molecule has 0 unspecified atom stereocenters. The molecule has 0 heterocycles. The summed E-state index contributed by atoms with van der Waals surface area (Å²) in [4.78, 5) is 22.1. The Hall–Kier alpha value is -1.20. The second kappa shape index (κ2) is 7.19. The van der Waals surface area contributed by atoms with Gasteiger partial charge in [0, 0.05) is 12.0 Å². The average Bonchev–Trinajstić information content (AvgIpc) is 2.26. The lowest BCUT2D eigenvalue weighted by Crippen LogP contribution is -2.45. The minimum Gasteiger partial charge on any atom is -0.396 e. The molecule has 0 radical (unpaired) electrons. The normalized spacial score (nSPS) is 13.7. The van der Waals surface area contributed by atoms with E-state index in [1.54, 1.807) is 19.9 Å². The number of allylic oxidation sites excluding steroid dienone is 1. The molecule has 0 saturated carbocycles. The largest absolute Gasteiger partial charge is 0.396 e. The fraction of sp³-hybridized carbons (Fsp3) is 0.667. The predicted octanol–water partition coefficient (Wildman–Crippen LogP) is 0.0173. The third-order valence-corrected chi connectivity index (χ3v) is 2.36. The summed E-state index contributed by atoms with van der Waals surface area (Å²) in [5.41, 5.74) is -0.862. The number of aliphatic hydroxyl groups excluding tert-OH is 2. The summed E-state index contributed by atoms with van der Waals surface area (Å²) in [5.74, 6) is -0.557. The van der Waals surface area contributed by atoms with Gasteiger partial charge in [-0.3, -0.25) is 9.59 Å². The van der Waals surface area contributed by atoms with Crippen molar-refractivity contribution < 1.29 is 19.8 Å². The lowest BCUT2D eigenvalue weighted by Gasteiger charge is -2.27. The molecule has 0 spiro atoms. The fourth-order valence-corrected chi connectivity index (χ4v) is 1.07. The minimum atomic E-state index is -1.25. The highest BCUT2D eigenvalue weighted by molar-refractivity contribution is 5.87. The van der Waals surface area contributed by atoms with Crippen LogP contribution in [0.15, 0.2) is 12.2 Å². The van der Waals surface area contributed by atoms with E-state index >= 15 is 0 Å². The third kappa shape index (κ3) is 6.19. The summed E-state index contributed by atoms with van der Waals surface area (Å²) in [6, 6.07) is 0. The maximum absolute atomic E-state index is 11.5. The summed E-state index contributed by atoms with van der Waals surface area (Å²) in [6.07, 6.45) is 2.37. The van der Waals surface area contributed by atoms with Crippen LogP contribution >= 0.6 is 0 Å². The Bertz CT molecular complexity index is 297. The molecule has 1 atom stereocenters. The van der Waals surface area contributed by atoms with Crippen LogP contribution in [0, 0.1) is 5.41 Å². The van der Waals surface area contributed by atoms with Crippen molar-refractivity contribution in [1.82, 2.24) is 5.32 Å². The molecule has 0 aromatic carbocycles. The van der Waals surface area contributed by atoms with Crippen LogP contribution in [0.3, 0.4) is 0 Å². The summed E-state index contributed by atoms with van der Waals surface area (Å²) in [5, 5.41) is 21.2. The molecule has 0 rings (SSSR count). The van der Waals surface area contributed by atoms with Crippen LogP contribution in [0.25, 0.3) is 0 Å². The van der Waals surface area contributed by atoms with E-state index in [0.717, 1.165) is 0 Å². The van der Waals surface area contributed by atoms with Crippen LogP contribution in [0.4, 0.5) is 0 Å². The van der Waals surface area contributed by atoms with Crippen molar-refractivity contribution in [3.8, 4) is 0 Å². The van der Waals surface area contributed by atoms with Gasteiger partial charge in [0.05, 0.1) is 6.61 Å². The molecule has 3 N–H and O–H groups in total. The van der Waals surface area contributed by atoms with Crippen LogP contribution < -0.4 is 5.32 Å². The molecule has 5 nitrogen and oxygen atoms in total. The molecule has 17 heavy (non-hydrogen) atoms. The van der Waals surface area contributed by atoms with Crippen molar-refractivity contribution in [2.24, 2.45) is 5.41 Å². The Morgan fingerprint density at radius 2 is 2.00 bits per heavy atom. The lowest BCUT2D eigenvalue weighted by atomic mass is 9.87. The van der Waals surface area contributed by atoms with E-state index in [-0.39, 0.29) is 12.4 Å². The van der Waals surface area contributed by atoms with Gasteiger partial charge in [-0.15, -0.1) is 0 Å². The van der Waals surface area contributed by atoms with Crippen LogP contribution in [0.5, 0.6) is 0 Å². The minimum absolute atomic E-state index is 0.0437. The van der Waals surface area contributed by atoms with Crippen molar-refractivity contribution in [3.05, 3.63) is 12.2 Å².